The van der Waals surface area contributed by atoms with Gasteiger partial charge in [0.25, 0.3) is 10.0 Å². The Kier molecular flexibility index (Phi) is 10.7. The van der Waals surface area contributed by atoms with Crippen molar-refractivity contribution >= 4 is 27.5 Å². The van der Waals surface area contributed by atoms with Crippen LogP contribution in [0.4, 0.5) is 5.69 Å². The van der Waals surface area contributed by atoms with Gasteiger partial charge in [-0.05, 0) is 61.2 Å². The van der Waals surface area contributed by atoms with E-state index in [2.05, 4.69) is 5.32 Å². The predicted molar refractivity (Wildman–Crippen MR) is 171 cm³/mol. The molecule has 2 amide bonds. The first-order valence-corrected chi connectivity index (χ1v) is 16.0. The molecule has 0 heterocycles. The topological polar surface area (TPSA) is 86.8 Å². The molecule has 1 N–H and O–H groups in total. The number of carbonyl (C=O) groups is 2. The van der Waals surface area contributed by atoms with Crippen LogP contribution in [0.3, 0.4) is 0 Å². The molecule has 7 nitrogen and oxygen atoms in total. The van der Waals surface area contributed by atoms with E-state index in [-0.39, 0.29) is 29.8 Å². The van der Waals surface area contributed by atoms with Crippen molar-refractivity contribution in [1.82, 2.24) is 10.2 Å². The second-order valence-corrected chi connectivity index (χ2v) is 12.5. The average Bonchev–Trinajstić information content (AvgIpc) is 3.03. The molecule has 4 rings (SSSR count). The zero-order chi connectivity index (χ0) is 30.8. The van der Waals surface area contributed by atoms with Crippen LogP contribution in [0.2, 0.25) is 0 Å². The smallest absolute Gasteiger partial charge is 0.264 e. The van der Waals surface area contributed by atoms with Crippen LogP contribution >= 0.6 is 0 Å². The largest absolute Gasteiger partial charge is 0.352 e. The molecule has 8 heteroatoms. The number of hydrogen-bond acceptors (Lipinski definition) is 4. The van der Waals surface area contributed by atoms with Crippen molar-refractivity contribution in [2.24, 2.45) is 0 Å². The SMILES string of the molecule is CCC(C)NC(=O)C(Cc1ccccc1)N(Cc1ccccc1C)C(=O)CN(c1ccccc1)S(=O)(=O)c1ccccc1. The molecule has 2 atom stereocenters. The van der Waals surface area contributed by atoms with Crippen molar-refractivity contribution in [1.29, 1.82) is 0 Å². The lowest BCUT2D eigenvalue weighted by atomic mass is 10.0. The first kappa shape index (κ1) is 31.5. The van der Waals surface area contributed by atoms with Crippen LogP contribution in [0.5, 0.6) is 0 Å². The first-order chi connectivity index (χ1) is 20.7. The van der Waals surface area contributed by atoms with Crippen molar-refractivity contribution in [2.45, 2.75) is 57.1 Å². The van der Waals surface area contributed by atoms with Crippen LogP contribution in [0.1, 0.15) is 37.0 Å². The van der Waals surface area contributed by atoms with E-state index in [1.165, 1.54) is 17.0 Å². The minimum Gasteiger partial charge on any atom is -0.352 e. The van der Waals surface area contributed by atoms with E-state index in [4.69, 9.17) is 0 Å². The monoisotopic (exact) mass is 597 g/mol. The van der Waals surface area contributed by atoms with Gasteiger partial charge < -0.3 is 10.2 Å². The molecule has 0 aromatic heterocycles. The normalized spacial score (nSPS) is 12.6. The number of amides is 2. The Bertz CT molecular complexity index is 1600. The van der Waals surface area contributed by atoms with Gasteiger partial charge in [0.1, 0.15) is 12.6 Å². The summed E-state index contributed by atoms with van der Waals surface area (Å²) in [7, 11) is -4.11. The summed E-state index contributed by atoms with van der Waals surface area (Å²) in [5, 5.41) is 3.06. The van der Waals surface area contributed by atoms with E-state index >= 15 is 0 Å². The van der Waals surface area contributed by atoms with Crippen LogP contribution in [-0.2, 0) is 32.6 Å². The van der Waals surface area contributed by atoms with Gasteiger partial charge >= 0.3 is 0 Å². The van der Waals surface area contributed by atoms with Crippen molar-refractivity contribution in [3.8, 4) is 0 Å². The summed E-state index contributed by atoms with van der Waals surface area (Å²) in [6, 6.07) is 32.9. The number of sulfonamides is 1. The van der Waals surface area contributed by atoms with Crippen LogP contribution in [0.15, 0.2) is 120 Å². The molecule has 4 aromatic carbocycles. The molecule has 0 spiro atoms. The van der Waals surface area contributed by atoms with Crippen LogP contribution in [-0.4, -0.2) is 43.8 Å². The maximum Gasteiger partial charge on any atom is 0.264 e. The van der Waals surface area contributed by atoms with Gasteiger partial charge in [0.2, 0.25) is 11.8 Å². The molecule has 0 aliphatic carbocycles. The lowest BCUT2D eigenvalue weighted by Gasteiger charge is -2.34. The minimum atomic E-state index is -4.11. The third-order valence-electron chi connectivity index (χ3n) is 7.53. The fourth-order valence-corrected chi connectivity index (χ4v) is 6.24. The minimum absolute atomic E-state index is 0.0763. The van der Waals surface area contributed by atoms with Crippen molar-refractivity contribution in [3.63, 3.8) is 0 Å². The summed E-state index contributed by atoms with van der Waals surface area (Å²) in [4.78, 5) is 29.9. The Hall–Kier alpha value is -4.43. The molecule has 224 valence electrons. The lowest BCUT2D eigenvalue weighted by molar-refractivity contribution is -0.140. The van der Waals surface area contributed by atoms with Crippen LogP contribution < -0.4 is 9.62 Å². The summed E-state index contributed by atoms with van der Waals surface area (Å²) >= 11 is 0. The highest BCUT2D eigenvalue weighted by molar-refractivity contribution is 7.92. The summed E-state index contributed by atoms with van der Waals surface area (Å²) in [6.45, 7) is 5.54. The molecule has 0 saturated carbocycles. The second-order valence-electron chi connectivity index (χ2n) is 10.6. The van der Waals surface area contributed by atoms with Gasteiger partial charge in [-0.15, -0.1) is 0 Å². The molecule has 0 fully saturated rings. The van der Waals surface area contributed by atoms with E-state index in [0.717, 1.165) is 27.4 Å². The molecule has 0 radical (unpaired) electrons. The Morgan fingerprint density at radius 3 is 1.95 bits per heavy atom. The average molecular weight is 598 g/mol. The molecule has 4 aromatic rings. The zero-order valence-electron chi connectivity index (χ0n) is 24.9. The standard InChI is InChI=1S/C35H39N3O4S/c1-4-28(3)36-35(40)33(24-29-17-8-5-9-18-29)37(25-30-19-15-14-16-27(30)2)34(39)26-38(31-20-10-6-11-21-31)43(41,42)32-22-12-7-13-23-32/h5-23,28,33H,4,24-26H2,1-3H3,(H,36,40). The first-order valence-electron chi connectivity index (χ1n) is 14.5. The number of benzene rings is 4. The third kappa shape index (κ3) is 8.11. The van der Waals surface area contributed by atoms with E-state index < -0.39 is 28.5 Å². The highest BCUT2D eigenvalue weighted by Crippen LogP contribution is 2.25. The van der Waals surface area contributed by atoms with Crippen molar-refractivity contribution in [2.75, 3.05) is 10.8 Å². The van der Waals surface area contributed by atoms with E-state index in [0.29, 0.717) is 5.69 Å². The number of anilines is 1. The third-order valence-corrected chi connectivity index (χ3v) is 9.32. The van der Waals surface area contributed by atoms with Crippen LogP contribution in [0, 0.1) is 6.92 Å². The molecule has 0 bridgehead atoms. The Labute approximate surface area is 255 Å². The molecule has 0 aliphatic rings. The molecule has 0 aliphatic heterocycles. The lowest BCUT2D eigenvalue weighted by Crippen LogP contribution is -2.54. The second kappa shape index (κ2) is 14.6. The van der Waals surface area contributed by atoms with E-state index in [1.54, 1.807) is 48.5 Å². The van der Waals surface area contributed by atoms with Gasteiger partial charge in [0.05, 0.1) is 10.6 Å². The zero-order valence-corrected chi connectivity index (χ0v) is 25.7. The fraction of sp³-hybridized carbons (Fsp3) is 0.257. The number of nitrogens with zero attached hydrogens (tertiary/aromatic N) is 2. The summed E-state index contributed by atoms with van der Waals surface area (Å²) in [5.74, 6) is -0.760. The molecular weight excluding hydrogens is 558 g/mol. The van der Waals surface area contributed by atoms with Gasteiger partial charge in [-0.25, -0.2) is 8.42 Å². The van der Waals surface area contributed by atoms with Crippen molar-refractivity contribution in [3.05, 3.63) is 132 Å². The highest BCUT2D eigenvalue weighted by atomic mass is 32.2. The number of rotatable bonds is 13. The number of hydrogen-bond donors (Lipinski definition) is 1. The van der Waals surface area contributed by atoms with Gasteiger partial charge in [-0.2, -0.15) is 0 Å². The molecule has 43 heavy (non-hydrogen) atoms. The number of aryl methyl sites for hydroxylation is 1. The van der Waals surface area contributed by atoms with Gasteiger partial charge in [0.15, 0.2) is 0 Å². The molecule has 2 unspecified atom stereocenters. The molecule has 0 saturated heterocycles. The predicted octanol–water partition coefficient (Wildman–Crippen LogP) is 5.75. The number of para-hydroxylation sites is 1. The number of nitrogens with one attached hydrogen (secondary N) is 1. The van der Waals surface area contributed by atoms with E-state index in [1.807, 2.05) is 75.4 Å². The Morgan fingerprint density at radius 2 is 1.35 bits per heavy atom. The van der Waals surface area contributed by atoms with Gasteiger partial charge in [-0.3, -0.25) is 13.9 Å². The maximum atomic E-state index is 14.5. The van der Waals surface area contributed by atoms with E-state index in [9.17, 15) is 18.0 Å². The Balaban J connectivity index is 1.79. The van der Waals surface area contributed by atoms with Gasteiger partial charge in [0, 0.05) is 19.0 Å². The molecular formula is C35H39N3O4S. The fourth-order valence-electron chi connectivity index (χ4n) is 4.81. The maximum absolute atomic E-state index is 14.5. The highest BCUT2D eigenvalue weighted by Gasteiger charge is 2.35. The number of carbonyl (C=O) groups excluding carboxylic acids is 2. The quantitative estimate of drug-likeness (QED) is 0.213. The van der Waals surface area contributed by atoms with Gasteiger partial charge in [-0.1, -0.05) is 97.9 Å². The Morgan fingerprint density at radius 1 is 0.791 bits per heavy atom. The summed E-state index contributed by atoms with van der Waals surface area (Å²) in [6.07, 6.45) is 1.00. The summed E-state index contributed by atoms with van der Waals surface area (Å²) in [5.41, 5.74) is 3.10. The summed E-state index contributed by atoms with van der Waals surface area (Å²) < 4.78 is 29.0. The van der Waals surface area contributed by atoms with Crippen LogP contribution in [0.25, 0.3) is 0 Å². The van der Waals surface area contributed by atoms with Crippen molar-refractivity contribution < 1.29 is 18.0 Å².